The summed E-state index contributed by atoms with van der Waals surface area (Å²) < 4.78 is 0. The smallest absolute Gasteiger partial charge is 0.102 e. The number of nitrogens with two attached hydrogens (primary N) is 1. The van der Waals surface area contributed by atoms with Gasteiger partial charge in [-0.2, -0.15) is 0 Å². The summed E-state index contributed by atoms with van der Waals surface area (Å²) in [5, 5.41) is 8.59. The SMILES string of the molecule is CC/C=C(/O)CN. The molecule has 2 nitrogen and oxygen atoms in total. The van der Waals surface area contributed by atoms with Gasteiger partial charge in [0, 0.05) is 0 Å². The molecular weight excluding hydrogens is 90.1 g/mol. The molecule has 0 saturated heterocycles. The highest BCUT2D eigenvalue weighted by atomic mass is 16.3. The molecule has 0 unspecified atom stereocenters. The fraction of sp³-hybridized carbons (Fsp3) is 0.600. The quantitative estimate of drug-likeness (QED) is 0.505. The molecule has 7 heavy (non-hydrogen) atoms. The van der Waals surface area contributed by atoms with Crippen molar-refractivity contribution in [3.63, 3.8) is 0 Å². The number of rotatable bonds is 2. The monoisotopic (exact) mass is 101 g/mol. The first-order chi connectivity index (χ1) is 3.31. The molecule has 0 aromatic carbocycles. The summed E-state index contributed by atoms with van der Waals surface area (Å²) in [6.45, 7) is 2.21. The topological polar surface area (TPSA) is 46.2 Å². The molecule has 0 rings (SSSR count). The standard InChI is InChI=1S/C5H11NO/c1-2-3-5(7)4-6/h3,7H,2,4,6H2,1H3/b5-3+. The Kier molecular flexibility index (Phi) is 3.42. The van der Waals surface area contributed by atoms with Crippen molar-refractivity contribution in [2.24, 2.45) is 5.73 Å². The van der Waals surface area contributed by atoms with Crippen molar-refractivity contribution >= 4 is 0 Å². The van der Waals surface area contributed by atoms with Crippen LogP contribution in [0.25, 0.3) is 0 Å². The molecule has 0 bridgehead atoms. The zero-order valence-corrected chi connectivity index (χ0v) is 4.52. The first kappa shape index (κ1) is 6.50. The Morgan fingerprint density at radius 1 is 1.86 bits per heavy atom. The molecule has 0 fully saturated rings. The van der Waals surface area contributed by atoms with E-state index >= 15 is 0 Å². The van der Waals surface area contributed by atoms with Crippen LogP contribution in [-0.4, -0.2) is 11.7 Å². The number of hydrogen-bond donors (Lipinski definition) is 2. The highest BCUT2D eigenvalue weighted by Crippen LogP contribution is 1.85. The predicted molar refractivity (Wildman–Crippen MR) is 30.1 cm³/mol. The largest absolute Gasteiger partial charge is 0.511 e. The summed E-state index contributed by atoms with van der Waals surface area (Å²) in [4.78, 5) is 0. The molecule has 2 heteroatoms. The molecule has 0 spiro atoms. The molecule has 0 amide bonds. The van der Waals surface area contributed by atoms with Crippen LogP contribution in [0.15, 0.2) is 11.8 Å². The summed E-state index contributed by atoms with van der Waals surface area (Å²) in [6, 6.07) is 0. The fourth-order valence-electron chi connectivity index (χ4n) is 0.319. The van der Waals surface area contributed by atoms with E-state index in [0.717, 1.165) is 6.42 Å². The van der Waals surface area contributed by atoms with Crippen molar-refractivity contribution in [1.82, 2.24) is 0 Å². The third kappa shape index (κ3) is 3.33. The van der Waals surface area contributed by atoms with Crippen LogP contribution in [0, 0.1) is 0 Å². The van der Waals surface area contributed by atoms with E-state index in [1.54, 1.807) is 6.08 Å². The van der Waals surface area contributed by atoms with E-state index in [4.69, 9.17) is 10.8 Å². The van der Waals surface area contributed by atoms with Gasteiger partial charge in [-0.15, -0.1) is 0 Å². The van der Waals surface area contributed by atoms with E-state index in [9.17, 15) is 0 Å². The third-order valence-electron chi connectivity index (χ3n) is 0.649. The average Bonchev–Trinajstić information content (AvgIpc) is 1.68. The van der Waals surface area contributed by atoms with E-state index < -0.39 is 0 Å². The Bertz CT molecular complexity index is 68.5. The summed E-state index contributed by atoms with van der Waals surface area (Å²) in [5.41, 5.74) is 5.04. The maximum absolute atomic E-state index is 8.59. The molecule has 0 aliphatic rings. The molecule has 0 atom stereocenters. The summed E-state index contributed by atoms with van der Waals surface area (Å²) in [6.07, 6.45) is 2.54. The highest BCUT2D eigenvalue weighted by Gasteiger charge is 1.80. The van der Waals surface area contributed by atoms with Gasteiger partial charge in [0.25, 0.3) is 0 Å². The van der Waals surface area contributed by atoms with Gasteiger partial charge in [-0.05, 0) is 12.5 Å². The second kappa shape index (κ2) is 3.68. The van der Waals surface area contributed by atoms with Gasteiger partial charge in [-0.1, -0.05) is 6.92 Å². The molecule has 0 heterocycles. The molecular formula is C5H11NO. The molecule has 0 radical (unpaired) electrons. The van der Waals surface area contributed by atoms with Crippen LogP contribution in [0.1, 0.15) is 13.3 Å². The van der Waals surface area contributed by atoms with E-state index in [0.29, 0.717) is 0 Å². The Morgan fingerprint density at radius 3 is 2.57 bits per heavy atom. The lowest BCUT2D eigenvalue weighted by molar-refractivity contribution is 0.401. The van der Waals surface area contributed by atoms with Crippen molar-refractivity contribution in [2.75, 3.05) is 6.54 Å². The number of aliphatic hydroxyl groups excluding tert-OH is 1. The number of hydrogen-bond acceptors (Lipinski definition) is 2. The van der Waals surface area contributed by atoms with Crippen molar-refractivity contribution in [2.45, 2.75) is 13.3 Å². The molecule has 0 aliphatic carbocycles. The maximum atomic E-state index is 8.59. The first-order valence-corrected chi connectivity index (χ1v) is 2.39. The van der Waals surface area contributed by atoms with Gasteiger partial charge in [0.15, 0.2) is 0 Å². The normalized spacial score (nSPS) is 12.0. The van der Waals surface area contributed by atoms with Crippen LogP contribution in [0.5, 0.6) is 0 Å². The minimum absolute atomic E-state index is 0.258. The second-order valence-electron chi connectivity index (χ2n) is 1.31. The Hall–Kier alpha value is -0.500. The molecule has 42 valence electrons. The van der Waals surface area contributed by atoms with E-state index in [1.807, 2.05) is 6.92 Å². The van der Waals surface area contributed by atoms with Gasteiger partial charge in [0.1, 0.15) is 5.76 Å². The van der Waals surface area contributed by atoms with Crippen LogP contribution >= 0.6 is 0 Å². The van der Waals surface area contributed by atoms with Gasteiger partial charge in [0.05, 0.1) is 6.54 Å². The zero-order valence-electron chi connectivity index (χ0n) is 4.52. The van der Waals surface area contributed by atoms with Gasteiger partial charge < -0.3 is 10.8 Å². The van der Waals surface area contributed by atoms with Crippen LogP contribution in [0.4, 0.5) is 0 Å². The van der Waals surface area contributed by atoms with E-state index in [2.05, 4.69) is 0 Å². The Labute approximate surface area is 43.6 Å². The summed E-state index contributed by atoms with van der Waals surface area (Å²) in [7, 11) is 0. The summed E-state index contributed by atoms with van der Waals surface area (Å²) in [5.74, 6) is 0.280. The molecule has 0 aromatic rings. The maximum Gasteiger partial charge on any atom is 0.102 e. The highest BCUT2D eigenvalue weighted by molar-refractivity contribution is 4.90. The van der Waals surface area contributed by atoms with Gasteiger partial charge in [0.2, 0.25) is 0 Å². The van der Waals surface area contributed by atoms with Crippen LogP contribution < -0.4 is 5.73 Å². The van der Waals surface area contributed by atoms with Crippen molar-refractivity contribution in [1.29, 1.82) is 0 Å². The minimum atomic E-state index is 0.258. The fourth-order valence-corrected chi connectivity index (χ4v) is 0.319. The van der Waals surface area contributed by atoms with Crippen LogP contribution in [-0.2, 0) is 0 Å². The van der Waals surface area contributed by atoms with E-state index in [-0.39, 0.29) is 12.3 Å². The molecule has 0 aromatic heterocycles. The second-order valence-corrected chi connectivity index (χ2v) is 1.31. The van der Waals surface area contributed by atoms with Crippen molar-refractivity contribution in [3.8, 4) is 0 Å². The summed E-state index contributed by atoms with van der Waals surface area (Å²) >= 11 is 0. The lowest BCUT2D eigenvalue weighted by atomic mass is 10.4. The Morgan fingerprint density at radius 2 is 2.43 bits per heavy atom. The lowest BCUT2D eigenvalue weighted by Crippen LogP contribution is -2.01. The number of allylic oxidation sites excluding steroid dienone is 1. The molecule has 0 saturated carbocycles. The number of aliphatic hydroxyl groups is 1. The third-order valence-corrected chi connectivity index (χ3v) is 0.649. The predicted octanol–water partition coefficient (Wildman–Crippen LogP) is 0.797. The van der Waals surface area contributed by atoms with Gasteiger partial charge in [-0.25, -0.2) is 0 Å². The Balaban J connectivity index is 3.29. The van der Waals surface area contributed by atoms with Crippen LogP contribution in [0.2, 0.25) is 0 Å². The van der Waals surface area contributed by atoms with Crippen LogP contribution in [0.3, 0.4) is 0 Å². The van der Waals surface area contributed by atoms with Crippen molar-refractivity contribution in [3.05, 3.63) is 11.8 Å². The average molecular weight is 101 g/mol. The van der Waals surface area contributed by atoms with Crippen molar-refractivity contribution < 1.29 is 5.11 Å². The first-order valence-electron chi connectivity index (χ1n) is 2.39. The van der Waals surface area contributed by atoms with E-state index in [1.165, 1.54) is 0 Å². The molecule has 3 N–H and O–H groups in total. The lowest BCUT2D eigenvalue weighted by Gasteiger charge is -1.88. The molecule has 0 aliphatic heterocycles. The minimum Gasteiger partial charge on any atom is -0.511 e. The van der Waals surface area contributed by atoms with Gasteiger partial charge in [-0.3, -0.25) is 0 Å². The van der Waals surface area contributed by atoms with Gasteiger partial charge >= 0.3 is 0 Å². The zero-order chi connectivity index (χ0) is 5.70.